The normalized spacial score (nSPS) is 15.5. The summed E-state index contributed by atoms with van der Waals surface area (Å²) in [5, 5.41) is 8.18. The molecule has 1 aliphatic carbocycles. The zero-order valence-corrected chi connectivity index (χ0v) is 12.0. The molecular formula is C15H21N3S. The first-order chi connectivity index (χ1) is 9.34. The highest BCUT2D eigenvalue weighted by atomic mass is 32.1. The van der Waals surface area contributed by atoms with Gasteiger partial charge in [0.25, 0.3) is 0 Å². The van der Waals surface area contributed by atoms with Crippen LogP contribution in [0.1, 0.15) is 44.1 Å². The number of hydrazone groups is 1. The van der Waals surface area contributed by atoms with E-state index in [1.54, 1.807) is 0 Å². The summed E-state index contributed by atoms with van der Waals surface area (Å²) in [6.07, 6.45) is 7.38. The van der Waals surface area contributed by atoms with Crippen molar-refractivity contribution >= 4 is 23.0 Å². The van der Waals surface area contributed by atoms with Crippen LogP contribution >= 0.6 is 12.2 Å². The van der Waals surface area contributed by atoms with Gasteiger partial charge >= 0.3 is 0 Å². The summed E-state index contributed by atoms with van der Waals surface area (Å²) in [4.78, 5) is 0. The van der Waals surface area contributed by atoms with Crippen molar-refractivity contribution in [3.63, 3.8) is 0 Å². The van der Waals surface area contributed by atoms with E-state index in [1.807, 2.05) is 18.2 Å². The average Bonchev–Trinajstić information content (AvgIpc) is 2.73. The lowest BCUT2D eigenvalue weighted by atomic mass is 10.2. The molecule has 1 saturated carbocycles. The maximum absolute atomic E-state index is 5.23. The molecule has 0 unspecified atom stereocenters. The molecule has 0 aromatic heterocycles. The lowest BCUT2D eigenvalue weighted by Gasteiger charge is -2.08. The molecule has 102 valence electrons. The summed E-state index contributed by atoms with van der Waals surface area (Å²) in [5.41, 5.74) is 5.43. The molecular weight excluding hydrogens is 254 g/mol. The third-order valence-electron chi connectivity index (χ3n) is 3.29. The number of hydrogen-bond donors (Lipinski definition) is 2. The van der Waals surface area contributed by atoms with Crippen LogP contribution in [-0.2, 0) is 6.54 Å². The topological polar surface area (TPSA) is 36.4 Å². The van der Waals surface area contributed by atoms with Gasteiger partial charge in [0, 0.05) is 12.3 Å². The van der Waals surface area contributed by atoms with Crippen LogP contribution < -0.4 is 10.7 Å². The average molecular weight is 275 g/mol. The number of thiocarbonyl (C=S) groups is 1. The highest BCUT2D eigenvalue weighted by Gasteiger charge is 2.05. The van der Waals surface area contributed by atoms with Gasteiger partial charge in [0.05, 0.1) is 0 Å². The quantitative estimate of drug-likeness (QED) is 0.504. The third-order valence-corrected chi connectivity index (χ3v) is 3.53. The Morgan fingerprint density at radius 2 is 1.74 bits per heavy atom. The molecule has 0 atom stereocenters. The van der Waals surface area contributed by atoms with E-state index in [2.05, 4.69) is 28.0 Å². The van der Waals surface area contributed by atoms with Crippen LogP contribution in [0.25, 0.3) is 0 Å². The van der Waals surface area contributed by atoms with Gasteiger partial charge < -0.3 is 5.32 Å². The van der Waals surface area contributed by atoms with Gasteiger partial charge in [-0.15, -0.1) is 0 Å². The minimum atomic E-state index is 0.598. The summed E-state index contributed by atoms with van der Waals surface area (Å²) < 4.78 is 0. The fraction of sp³-hybridized carbons (Fsp3) is 0.467. The molecule has 0 amide bonds. The van der Waals surface area contributed by atoms with Crippen molar-refractivity contribution in [1.29, 1.82) is 0 Å². The van der Waals surface area contributed by atoms with Crippen LogP contribution in [0.4, 0.5) is 0 Å². The maximum Gasteiger partial charge on any atom is 0.187 e. The molecule has 1 aromatic carbocycles. The van der Waals surface area contributed by atoms with Crippen molar-refractivity contribution in [2.24, 2.45) is 5.10 Å². The summed E-state index contributed by atoms with van der Waals surface area (Å²) in [7, 11) is 0. The van der Waals surface area contributed by atoms with E-state index in [1.165, 1.54) is 37.0 Å². The lowest BCUT2D eigenvalue weighted by molar-refractivity contribution is 0.702. The second-order valence-corrected chi connectivity index (χ2v) is 5.28. The first-order valence-corrected chi connectivity index (χ1v) is 7.38. The fourth-order valence-corrected chi connectivity index (χ4v) is 2.31. The van der Waals surface area contributed by atoms with Crippen molar-refractivity contribution in [3.8, 4) is 0 Å². The molecule has 1 aromatic rings. The summed E-state index contributed by atoms with van der Waals surface area (Å²) in [6.45, 7) is 0.734. The van der Waals surface area contributed by atoms with Crippen molar-refractivity contribution in [1.82, 2.24) is 10.7 Å². The smallest absolute Gasteiger partial charge is 0.187 e. The van der Waals surface area contributed by atoms with E-state index in [0.29, 0.717) is 5.11 Å². The second-order valence-electron chi connectivity index (χ2n) is 4.87. The van der Waals surface area contributed by atoms with Gasteiger partial charge in [-0.2, -0.15) is 5.10 Å². The molecule has 0 bridgehead atoms. The minimum absolute atomic E-state index is 0.598. The SMILES string of the molecule is S=C(NCc1ccccc1)NN=C1CCCCCC1. The number of rotatable bonds is 3. The van der Waals surface area contributed by atoms with Gasteiger partial charge in [-0.05, 0) is 43.5 Å². The first-order valence-electron chi connectivity index (χ1n) is 6.98. The fourth-order valence-electron chi connectivity index (χ4n) is 2.20. The van der Waals surface area contributed by atoms with Gasteiger partial charge in [0.1, 0.15) is 0 Å². The van der Waals surface area contributed by atoms with Gasteiger partial charge in [0.15, 0.2) is 5.11 Å². The molecule has 19 heavy (non-hydrogen) atoms. The summed E-state index contributed by atoms with van der Waals surface area (Å²) >= 11 is 5.23. The van der Waals surface area contributed by atoms with Gasteiger partial charge in [-0.25, -0.2) is 0 Å². The predicted molar refractivity (Wildman–Crippen MR) is 84.2 cm³/mol. The Morgan fingerprint density at radius 3 is 2.42 bits per heavy atom. The number of nitrogens with one attached hydrogen (secondary N) is 2. The molecule has 1 aliphatic rings. The van der Waals surface area contributed by atoms with Crippen molar-refractivity contribution < 1.29 is 0 Å². The molecule has 2 N–H and O–H groups in total. The molecule has 2 rings (SSSR count). The largest absolute Gasteiger partial charge is 0.357 e. The van der Waals surface area contributed by atoms with Crippen LogP contribution in [0.5, 0.6) is 0 Å². The van der Waals surface area contributed by atoms with Gasteiger partial charge in [-0.3, -0.25) is 5.43 Å². The van der Waals surface area contributed by atoms with E-state index in [0.717, 1.165) is 19.4 Å². The Bertz CT molecular complexity index is 418. The molecule has 4 heteroatoms. The van der Waals surface area contributed by atoms with Crippen molar-refractivity contribution in [2.45, 2.75) is 45.1 Å². The Morgan fingerprint density at radius 1 is 1.05 bits per heavy atom. The van der Waals surface area contributed by atoms with Crippen LogP contribution in [0.15, 0.2) is 35.4 Å². The first kappa shape index (κ1) is 14.0. The molecule has 0 radical (unpaired) electrons. The van der Waals surface area contributed by atoms with E-state index in [-0.39, 0.29) is 0 Å². The Kier molecular flexibility index (Phi) is 5.82. The van der Waals surface area contributed by atoms with E-state index >= 15 is 0 Å². The molecule has 0 spiro atoms. The van der Waals surface area contributed by atoms with Crippen molar-refractivity contribution in [3.05, 3.63) is 35.9 Å². The Hall–Kier alpha value is -1.42. The molecule has 0 aliphatic heterocycles. The van der Waals surface area contributed by atoms with Crippen LogP contribution in [-0.4, -0.2) is 10.8 Å². The Balaban J connectivity index is 1.73. The standard InChI is InChI=1S/C15H21N3S/c19-15(16-12-13-8-4-3-5-9-13)18-17-14-10-6-1-2-7-11-14/h3-5,8-9H,1-2,6-7,10-12H2,(H2,16,18,19). The third kappa shape index (κ3) is 5.39. The van der Waals surface area contributed by atoms with E-state index in [9.17, 15) is 0 Å². The van der Waals surface area contributed by atoms with Crippen LogP contribution in [0, 0.1) is 0 Å². The minimum Gasteiger partial charge on any atom is -0.357 e. The van der Waals surface area contributed by atoms with E-state index < -0.39 is 0 Å². The maximum atomic E-state index is 5.23. The van der Waals surface area contributed by atoms with E-state index in [4.69, 9.17) is 12.2 Å². The second kappa shape index (κ2) is 7.89. The summed E-state index contributed by atoms with van der Waals surface area (Å²) in [6, 6.07) is 10.2. The van der Waals surface area contributed by atoms with Crippen LogP contribution in [0.3, 0.4) is 0 Å². The molecule has 0 heterocycles. The number of benzene rings is 1. The highest BCUT2D eigenvalue weighted by Crippen LogP contribution is 2.14. The van der Waals surface area contributed by atoms with Gasteiger partial charge in [-0.1, -0.05) is 43.2 Å². The Labute approximate surface area is 120 Å². The molecule has 3 nitrogen and oxygen atoms in total. The van der Waals surface area contributed by atoms with Crippen LogP contribution in [0.2, 0.25) is 0 Å². The van der Waals surface area contributed by atoms with Gasteiger partial charge in [0.2, 0.25) is 0 Å². The number of nitrogens with zero attached hydrogens (tertiary/aromatic N) is 1. The summed E-state index contributed by atoms with van der Waals surface area (Å²) in [5.74, 6) is 0. The molecule has 0 saturated heterocycles. The highest BCUT2D eigenvalue weighted by molar-refractivity contribution is 7.80. The predicted octanol–water partition coefficient (Wildman–Crippen LogP) is 3.36. The monoisotopic (exact) mass is 275 g/mol. The molecule has 1 fully saturated rings. The van der Waals surface area contributed by atoms with Crippen molar-refractivity contribution in [2.75, 3.05) is 0 Å². The zero-order valence-electron chi connectivity index (χ0n) is 11.2. The lowest BCUT2D eigenvalue weighted by Crippen LogP contribution is -2.32. The number of hydrogen-bond acceptors (Lipinski definition) is 2. The zero-order chi connectivity index (χ0) is 13.3.